The van der Waals surface area contributed by atoms with Crippen LogP contribution in [0.1, 0.15) is 33.6 Å². The van der Waals surface area contributed by atoms with Gasteiger partial charge in [0.2, 0.25) is 0 Å². The van der Waals surface area contributed by atoms with Gasteiger partial charge >= 0.3 is 0 Å². The standard InChI is InChI=1S/C21H23N3OS/c1-15-18-4-2-3-5-19(18)26-20(15)21(25)23-17-8-12-24(13-9-17)14-16-6-10-22-11-7-16/h2-7,10-11,17H,8-9,12-14H2,1H3,(H,23,25). The van der Waals surface area contributed by atoms with Crippen molar-refractivity contribution in [1.82, 2.24) is 15.2 Å². The van der Waals surface area contributed by atoms with E-state index in [0.29, 0.717) is 0 Å². The van der Waals surface area contributed by atoms with Crippen LogP contribution < -0.4 is 5.32 Å². The number of hydrogen-bond acceptors (Lipinski definition) is 4. The number of carbonyl (C=O) groups excluding carboxylic acids is 1. The summed E-state index contributed by atoms with van der Waals surface area (Å²) in [5.74, 6) is 0.0799. The van der Waals surface area contributed by atoms with E-state index in [1.54, 1.807) is 11.3 Å². The number of nitrogens with one attached hydrogen (secondary N) is 1. The molecule has 1 amide bonds. The maximum atomic E-state index is 12.8. The molecular formula is C21H23N3OS. The predicted molar refractivity (Wildman–Crippen MR) is 107 cm³/mol. The van der Waals surface area contributed by atoms with Crippen LogP contribution in [0.25, 0.3) is 10.1 Å². The van der Waals surface area contributed by atoms with Gasteiger partial charge in [-0.1, -0.05) is 18.2 Å². The van der Waals surface area contributed by atoms with Gasteiger partial charge in [-0.2, -0.15) is 0 Å². The molecule has 4 rings (SSSR count). The zero-order valence-corrected chi connectivity index (χ0v) is 15.8. The fourth-order valence-corrected chi connectivity index (χ4v) is 4.74. The highest BCUT2D eigenvalue weighted by Gasteiger charge is 2.23. The van der Waals surface area contributed by atoms with Crippen molar-refractivity contribution in [2.24, 2.45) is 0 Å². The van der Waals surface area contributed by atoms with Crippen molar-refractivity contribution in [2.45, 2.75) is 32.4 Å². The van der Waals surface area contributed by atoms with Crippen LogP contribution in [-0.2, 0) is 6.54 Å². The molecule has 1 aliphatic heterocycles. The SMILES string of the molecule is Cc1c(C(=O)NC2CCN(Cc3ccncc3)CC2)sc2ccccc12. The van der Waals surface area contributed by atoms with Crippen LogP contribution in [0.5, 0.6) is 0 Å². The normalized spacial score (nSPS) is 16.0. The van der Waals surface area contributed by atoms with Gasteiger partial charge in [0.1, 0.15) is 0 Å². The van der Waals surface area contributed by atoms with Crippen molar-refractivity contribution < 1.29 is 4.79 Å². The maximum absolute atomic E-state index is 12.8. The van der Waals surface area contributed by atoms with Gasteiger partial charge in [-0.15, -0.1) is 11.3 Å². The highest BCUT2D eigenvalue weighted by atomic mass is 32.1. The Hall–Kier alpha value is -2.24. The number of amides is 1. The Morgan fingerprint density at radius 3 is 2.65 bits per heavy atom. The summed E-state index contributed by atoms with van der Waals surface area (Å²) in [7, 11) is 0. The number of thiophene rings is 1. The Balaban J connectivity index is 1.35. The Bertz CT molecular complexity index is 898. The molecule has 26 heavy (non-hydrogen) atoms. The van der Waals surface area contributed by atoms with Crippen LogP contribution in [0.15, 0.2) is 48.8 Å². The Labute approximate surface area is 157 Å². The summed E-state index contributed by atoms with van der Waals surface area (Å²) in [5.41, 5.74) is 2.39. The number of pyridine rings is 1. The summed E-state index contributed by atoms with van der Waals surface area (Å²) in [6.45, 7) is 5.03. The van der Waals surface area contributed by atoms with Crippen LogP contribution in [0.4, 0.5) is 0 Å². The minimum Gasteiger partial charge on any atom is -0.349 e. The summed E-state index contributed by atoms with van der Waals surface area (Å²) in [5, 5.41) is 4.45. The molecule has 0 saturated carbocycles. The molecule has 0 aliphatic carbocycles. The molecule has 0 unspecified atom stereocenters. The van der Waals surface area contributed by atoms with Crippen LogP contribution >= 0.6 is 11.3 Å². The number of aryl methyl sites for hydroxylation is 1. The van der Waals surface area contributed by atoms with Gasteiger partial charge in [0.05, 0.1) is 4.88 Å². The van der Waals surface area contributed by atoms with Crippen LogP contribution in [0, 0.1) is 6.92 Å². The largest absolute Gasteiger partial charge is 0.349 e. The van der Waals surface area contributed by atoms with E-state index < -0.39 is 0 Å². The first-order valence-corrected chi connectivity index (χ1v) is 9.92. The van der Waals surface area contributed by atoms with Crippen molar-refractivity contribution in [3.8, 4) is 0 Å². The molecule has 0 atom stereocenters. The molecule has 0 radical (unpaired) electrons. The number of aromatic nitrogens is 1. The fourth-order valence-electron chi connectivity index (χ4n) is 3.62. The lowest BCUT2D eigenvalue weighted by atomic mass is 10.0. The predicted octanol–water partition coefficient (Wildman–Crippen LogP) is 4.00. The smallest absolute Gasteiger partial charge is 0.261 e. The second kappa shape index (κ2) is 7.56. The Kier molecular flexibility index (Phi) is 5.00. The van der Waals surface area contributed by atoms with Gasteiger partial charge < -0.3 is 5.32 Å². The van der Waals surface area contributed by atoms with Gasteiger partial charge in [0, 0.05) is 42.8 Å². The number of likely N-dealkylation sites (tertiary alicyclic amines) is 1. The molecule has 5 heteroatoms. The van der Waals surface area contributed by atoms with Crippen molar-refractivity contribution in [1.29, 1.82) is 0 Å². The fraction of sp³-hybridized carbons (Fsp3) is 0.333. The van der Waals surface area contributed by atoms with Gasteiger partial charge in [0.15, 0.2) is 0 Å². The lowest BCUT2D eigenvalue weighted by Gasteiger charge is -2.32. The average molecular weight is 366 g/mol. The quantitative estimate of drug-likeness (QED) is 0.760. The van der Waals surface area contributed by atoms with E-state index in [1.807, 2.05) is 31.5 Å². The first-order chi connectivity index (χ1) is 12.7. The van der Waals surface area contributed by atoms with Crippen molar-refractivity contribution in [2.75, 3.05) is 13.1 Å². The van der Waals surface area contributed by atoms with Gasteiger partial charge in [-0.25, -0.2) is 0 Å². The number of fused-ring (bicyclic) bond motifs is 1. The molecule has 1 aliphatic rings. The third-order valence-electron chi connectivity index (χ3n) is 5.13. The lowest BCUT2D eigenvalue weighted by Crippen LogP contribution is -2.44. The summed E-state index contributed by atoms with van der Waals surface area (Å²) in [6, 6.07) is 12.6. The van der Waals surface area contributed by atoms with E-state index in [9.17, 15) is 4.79 Å². The van der Waals surface area contributed by atoms with Crippen LogP contribution in [-0.4, -0.2) is 34.9 Å². The summed E-state index contributed by atoms with van der Waals surface area (Å²) < 4.78 is 1.18. The summed E-state index contributed by atoms with van der Waals surface area (Å²) >= 11 is 1.59. The second-order valence-corrected chi connectivity index (χ2v) is 7.98. The summed E-state index contributed by atoms with van der Waals surface area (Å²) in [6.07, 6.45) is 5.69. The number of nitrogens with zero attached hydrogens (tertiary/aromatic N) is 2. The molecule has 134 valence electrons. The minimum absolute atomic E-state index is 0.0799. The molecule has 2 aromatic heterocycles. The van der Waals surface area contributed by atoms with E-state index in [2.05, 4.69) is 39.5 Å². The topological polar surface area (TPSA) is 45.2 Å². The molecule has 1 saturated heterocycles. The summed E-state index contributed by atoms with van der Waals surface area (Å²) in [4.78, 5) is 20.1. The Morgan fingerprint density at radius 1 is 1.19 bits per heavy atom. The van der Waals surface area contributed by atoms with Crippen molar-refractivity contribution in [3.05, 3.63) is 64.8 Å². The van der Waals surface area contributed by atoms with Gasteiger partial charge in [0.25, 0.3) is 5.91 Å². The molecule has 4 nitrogen and oxygen atoms in total. The number of hydrogen-bond donors (Lipinski definition) is 1. The Morgan fingerprint density at radius 2 is 1.92 bits per heavy atom. The van der Waals surface area contributed by atoms with E-state index in [-0.39, 0.29) is 11.9 Å². The van der Waals surface area contributed by atoms with Crippen molar-refractivity contribution in [3.63, 3.8) is 0 Å². The second-order valence-electron chi connectivity index (χ2n) is 6.93. The number of benzene rings is 1. The molecule has 3 aromatic rings. The van der Waals surface area contributed by atoms with Gasteiger partial charge in [-0.05, 0) is 54.5 Å². The van der Waals surface area contributed by atoms with E-state index in [1.165, 1.54) is 15.6 Å². The maximum Gasteiger partial charge on any atom is 0.261 e. The molecule has 1 aromatic carbocycles. The molecule has 0 spiro atoms. The zero-order valence-electron chi connectivity index (χ0n) is 14.9. The van der Waals surface area contributed by atoms with E-state index in [0.717, 1.165) is 42.9 Å². The number of rotatable bonds is 4. The highest BCUT2D eigenvalue weighted by Crippen LogP contribution is 2.30. The van der Waals surface area contributed by atoms with E-state index >= 15 is 0 Å². The van der Waals surface area contributed by atoms with Crippen molar-refractivity contribution >= 4 is 27.3 Å². The molecule has 3 heterocycles. The van der Waals surface area contributed by atoms with E-state index in [4.69, 9.17) is 0 Å². The zero-order chi connectivity index (χ0) is 17.9. The molecular weight excluding hydrogens is 342 g/mol. The highest BCUT2D eigenvalue weighted by molar-refractivity contribution is 7.21. The minimum atomic E-state index is 0.0799. The number of piperidine rings is 1. The first-order valence-electron chi connectivity index (χ1n) is 9.11. The monoisotopic (exact) mass is 365 g/mol. The lowest BCUT2D eigenvalue weighted by molar-refractivity contribution is 0.0912. The van der Waals surface area contributed by atoms with Crippen LogP contribution in [0.2, 0.25) is 0 Å². The molecule has 1 N–H and O–H groups in total. The average Bonchev–Trinajstić information content (AvgIpc) is 3.01. The molecule has 0 bridgehead atoms. The first kappa shape index (κ1) is 17.2. The molecule has 1 fully saturated rings. The number of carbonyl (C=O) groups is 1. The third kappa shape index (κ3) is 3.64. The van der Waals surface area contributed by atoms with Crippen LogP contribution in [0.3, 0.4) is 0 Å². The van der Waals surface area contributed by atoms with Gasteiger partial charge in [-0.3, -0.25) is 14.7 Å². The third-order valence-corrected chi connectivity index (χ3v) is 6.40.